The Hall–Kier alpha value is -3.35. The number of carbonyl (C=O) groups is 2. The van der Waals surface area contributed by atoms with Gasteiger partial charge in [0.2, 0.25) is 5.91 Å². The Morgan fingerprint density at radius 2 is 1.82 bits per heavy atom. The number of aryl methyl sites for hydroxylation is 2. The highest BCUT2D eigenvalue weighted by atomic mass is 16.2. The molecular weight excluding hydrogens is 354 g/mol. The van der Waals surface area contributed by atoms with Crippen LogP contribution in [-0.4, -0.2) is 34.6 Å². The zero-order valence-electron chi connectivity index (χ0n) is 15.9. The van der Waals surface area contributed by atoms with Gasteiger partial charge in [0.05, 0.1) is 23.9 Å². The fourth-order valence-corrected chi connectivity index (χ4v) is 3.01. The van der Waals surface area contributed by atoms with Crippen LogP contribution in [0.2, 0.25) is 0 Å². The van der Waals surface area contributed by atoms with Crippen LogP contribution in [0, 0.1) is 0 Å². The molecular formula is C21H25N5O2. The maximum Gasteiger partial charge on any atom is 0.315 e. The third-order valence-corrected chi connectivity index (χ3v) is 4.47. The number of benzene rings is 2. The second-order valence-corrected chi connectivity index (χ2v) is 6.45. The highest BCUT2D eigenvalue weighted by Gasteiger charge is 2.08. The second-order valence-electron chi connectivity index (χ2n) is 6.45. The molecule has 3 amide bonds. The van der Waals surface area contributed by atoms with E-state index in [1.54, 1.807) is 0 Å². The predicted octanol–water partition coefficient (Wildman–Crippen LogP) is 2.93. The van der Waals surface area contributed by atoms with Crippen LogP contribution in [0.5, 0.6) is 0 Å². The van der Waals surface area contributed by atoms with Crippen LogP contribution in [0.25, 0.3) is 11.0 Å². The summed E-state index contributed by atoms with van der Waals surface area (Å²) < 4.78 is 2.06. The summed E-state index contributed by atoms with van der Waals surface area (Å²) in [7, 11) is 0. The van der Waals surface area contributed by atoms with Crippen LogP contribution in [-0.2, 0) is 17.8 Å². The molecule has 0 saturated carbocycles. The molecule has 0 aliphatic rings. The average Bonchev–Trinajstić information content (AvgIpc) is 3.13. The topological polar surface area (TPSA) is 88.0 Å². The first-order valence-corrected chi connectivity index (χ1v) is 9.46. The van der Waals surface area contributed by atoms with E-state index in [0.717, 1.165) is 41.7 Å². The first kappa shape index (κ1) is 19.4. The van der Waals surface area contributed by atoms with Gasteiger partial charge >= 0.3 is 6.03 Å². The van der Waals surface area contributed by atoms with Gasteiger partial charge in [-0.1, -0.05) is 37.3 Å². The van der Waals surface area contributed by atoms with E-state index < -0.39 is 0 Å². The lowest BCUT2D eigenvalue weighted by Crippen LogP contribution is -2.40. The quantitative estimate of drug-likeness (QED) is 0.526. The Kier molecular flexibility index (Phi) is 6.62. The highest BCUT2D eigenvalue weighted by molar-refractivity contribution is 5.94. The van der Waals surface area contributed by atoms with Crippen LogP contribution < -0.4 is 16.0 Å². The number of hydrogen-bond donors (Lipinski definition) is 3. The molecule has 1 heterocycles. The largest absolute Gasteiger partial charge is 0.338 e. The lowest BCUT2D eigenvalue weighted by molar-refractivity contribution is -0.115. The lowest BCUT2D eigenvalue weighted by Gasteiger charge is -2.11. The molecule has 1 aromatic heterocycles. The molecule has 0 radical (unpaired) electrons. The minimum absolute atomic E-state index is 0.0734. The van der Waals surface area contributed by atoms with Gasteiger partial charge in [-0.2, -0.15) is 0 Å². The van der Waals surface area contributed by atoms with E-state index in [-0.39, 0.29) is 18.5 Å². The van der Waals surface area contributed by atoms with Gasteiger partial charge in [0.1, 0.15) is 0 Å². The van der Waals surface area contributed by atoms with Crippen molar-refractivity contribution in [3.05, 3.63) is 60.4 Å². The molecule has 0 unspecified atom stereocenters. The molecule has 0 fully saturated rings. The summed E-state index contributed by atoms with van der Waals surface area (Å²) in [6, 6.07) is 15.2. The molecule has 3 aromatic rings. The summed E-state index contributed by atoms with van der Waals surface area (Å²) in [6.45, 7) is 3.23. The Bertz CT molecular complexity index is 951. The summed E-state index contributed by atoms with van der Waals surface area (Å²) in [6.07, 6.45) is 3.41. The molecule has 3 rings (SSSR count). The van der Waals surface area contributed by atoms with Crippen molar-refractivity contribution >= 4 is 28.7 Å². The Morgan fingerprint density at radius 1 is 1.04 bits per heavy atom. The molecule has 146 valence electrons. The molecule has 2 aromatic carbocycles. The molecule has 3 N–H and O–H groups in total. The number of rotatable bonds is 8. The number of imidazole rings is 1. The third-order valence-electron chi connectivity index (χ3n) is 4.47. The van der Waals surface area contributed by atoms with Gasteiger partial charge in [-0.25, -0.2) is 9.78 Å². The van der Waals surface area contributed by atoms with Crippen molar-refractivity contribution in [1.29, 1.82) is 0 Å². The van der Waals surface area contributed by atoms with Gasteiger partial charge in [-0.3, -0.25) is 4.79 Å². The van der Waals surface area contributed by atoms with Crippen LogP contribution in [0.1, 0.15) is 18.9 Å². The van der Waals surface area contributed by atoms with Crippen molar-refractivity contribution in [1.82, 2.24) is 20.2 Å². The lowest BCUT2D eigenvalue weighted by atomic mass is 10.1. The third kappa shape index (κ3) is 5.09. The Morgan fingerprint density at radius 3 is 2.68 bits per heavy atom. The molecule has 0 aliphatic heterocycles. The summed E-state index contributed by atoms with van der Waals surface area (Å²) in [5.41, 5.74) is 3.89. The van der Waals surface area contributed by atoms with Crippen molar-refractivity contribution in [3.8, 4) is 0 Å². The smallest absolute Gasteiger partial charge is 0.315 e. The molecule has 7 nitrogen and oxygen atoms in total. The molecule has 0 atom stereocenters. The Labute approximate surface area is 164 Å². The van der Waals surface area contributed by atoms with E-state index in [0.29, 0.717) is 6.54 Å². The number of aromatic nitrogens is 2. The van der Waals surface area contributed by atoms with Crippen LogP contribution in [0.3, 0.4) is 0 Å². The van der Waals surface area contributed by atoms with Crippen molar-refractivity contribution in [2.24, 2.45) is 0 Å². The molecule has 28 heavy (non-hydrogen) atoms. The van der Waals surface area contributed by atoms with Crippen molar-refractivity contribution in [3.63, 3.8) is 0 Å². The summed E-state index contributed by atoms with van der Waals surface area (Å²) in [4.78, 5) is 28.3. The normalized spacial score (nSPS) is 10.6. The van der Waals surface area contributed by atoms with Crippen LogP contribution >= 0.6 is 0 Å². The van der Waals surface area contributed by atoms with Gasteiger partial charge in [-0.15, -0.1) is 0 Å². The minimum Gasteiger partial charge on any atom is -0.338 e. The fourth-order valence-electron chi connectivity index (χ4n) is 3.01. The maximum absolute atomic E-state index is 12.0. The first-order chi connectivity index (χ1) is 13.7. The van der Waals surface area contributed by atoms with Gasteiger partial charge in [0.15, 0.2) is 0 Å². The first-order valence-electron chi connectivity index (χ1n) is 9.46. The SMILES string of the molecule is CCc1ccccc1NC(=O)CNC(=O)NCCCn1cnc2ccccc21. The molecule has 7 heteroatoms. The number of carbonyl (C=O) groups excluding carboxylic acids is 2. The maximum atomic E-state index is 12.0. The second kappa shape index (κ2) is 9.55. The van der Waals surface area contributed by atoms with E-state index >= 15 is 0 Å². The number of urea groups is 1. The standard InChI is InChI=1S/C21H25N5O2/c1-2-16-8-3-4-9-17(16)25-20(27)14-23-21(28)22-12-7-13-26-15-24-18-10-5-6-11-19(18)26/h3-6,8-11,15H,2,7,12-14H2,1H3,(H,25,27)(H2,22,23,28). The van der Waals surface area contributed by atoms with Crippen molar-refractivity contribution in [2.45, 2.75) is 26.3 Å². The minimum atomic E-state index is -0.352. The number of fused-ring (bicyclic) bond motifs is 1. The van der Waals surface area contributed by atoms with Crippen molar-refractivity contribution < 1.29 is 9.59 Å². The van der Waals surface area contributed by atoms with Gasteiger partial charge in [-0.05, 0) is 36.6 Å². The van der Waals surface area contributed by atoms with E-state index in [1.807, 2.05) is 61.8 Å². The highest BCUT2D eigenvalue weighted by Crippen LogP contribution is 2.15. The number of hydrogen-bond acceptors (Lipinski definition) is 3. The zero-order chi connectivity index (χ0) is 19.8. The Balaban J connectivity index is 1.36. The number of para-hydroxylation sites is 3. The zero-order valence-corrected chi connectivity index (χ0v) is 15.9. The van der Waals surface area contributed by atoms with Crippen LogP contribution in [0.4, 0.5) is 10.5 Å². The summed E-state index contributed by atoms with van der Waals surface area (Å²) in [5, 5.41) is 8.18. The fraction of sp³-hybridized carbons (Fsp3) is 0.286. The molecule has 0 saturated heterocycles. The summed E-state index contributed by atoms with van der Waals surface area (Å²) >= 11 is 0. The van der Waals surface area contributed by atoms with Gasteiger partial charge in [0.25, 0.3) is 0 Å². The van der Waals surface area contributed by atoms with E-state index in [9.17, 15) is 9.59 Å². The van der Waals surface area contributed by atoms with E-state index in [4.69, 9.17) is 0 Å². The van der Waals surface area contributed by atoms with E-state index in [1.165, 1.54) is 0 Å². The summed E-state index contributed by atoms with van der Waals surface area (Å²) in [5.74, 6) is -0.249. The number of anilines is 1. The molecule has 0 bridgehead atoms. The van der Waals surface area contributed by atoms with Crippen molar-refractivity contribution in [2.75, 3.05) is 18.4 Å². The predicted molar refractivity (Wildman–Crippen MR) is 110 cm³/mol. The monoisotopic (exact) mass is 379 g/mol. The van der Waals surface area contributed by atoms with E-state index in [2.05, 4.69) is 25.5 Å². The average molecular weight is 379 g/mol. The number of nitrogens with one attached hydrogen (secondary N) is 3. The molecule has 0 spiro atoms. The van der Waals surface area contributed by atoms with Gasteiger partial charge in [0, 0.05) is 18.8 Å². The number of amides is 3. The van der Waals surface area contributed by atoms with Gasteiger partial charge < -0.3 is 20.5 Å². The molecule has 0 aliphatic carbocycles. The van der Waals surface area contributed by atoms with Crippen LogP contribution in [0.15, 0.2) is 54.9 Å². The number of nitrogens with zero attached hydrogens (tertiary/aromatic N) is 2.